The van der Waals surface area contributed by atoms with Crippen LogP contribution in [0.2, 0.25) is 0 Å². The van der Waals surface area contributed by atoms with Gasteiger partial charge >= 0.3 is 0 Å². The molecule has 222 valence electrons. The molecule has 0 amide bonds. The Kier molecular flexibility index (Phi) is 6.26. The Morgan fingerprint density at radius 3 is 1.85 bits per heavy atom. The minimum absolute atomic E-state index is 0.464. The molecule has 0 N–H and O–H groups in total. The number of aryl methyl sites for hydroxylation is 1. The summed E-state index contributed by atoms with van der Waals surface area (Å²) in [5.41, 5.74) is 15.0. The zero-order valence-electron chi connectivity index (χ0n) is 26.0. The fourth-order valence-electron chi connectivity index (χ4n) is 7.79. The molecule has 0 saturated heterocycles. The van der Waals surface area contributed by atoms with Crippen molar-refractivity contribution in [3.8, 4) is 44.8 Å². The molecule has 0 saturated carbocycles. The summed E-state index contributed by atoms with van der Waals surface area (Å²) < 4.78 is 2.17. The lowest BCUT2D eigenvalue weighted by molar-refractivity contribution is 0.768. The maximum atomic E-state index is 4.95. The zero-order chi connectivity index (χ0) is 31.4. The van der Waals surface area contributed by atoms with Crippen LogP contribution in [0, 0.1) is 0 Å². The second-order valence-corrected chi connectivity index (χ2v) is 12.2. The molecule has 0 bridgehead atoms. The maximum Gasteiger partial charge on any atom is 0.140 e. The Bertz CT molecular complexity index is 2350. The van der Waals surface area contributed by atoms with E-state index < -0.39 is 5.41 Å². The van der Waals surface area contributed by atoms with Crippen molar-refractivity contribution in [3.63, 3.8) is 0 Å². The van der Waals surface area contributed by atoms with E-state index in [4.69, 9.17) is 4.98 Å². The zero-order valence-corrected chi connectivity index (χ0v) is 26.0. The maximum absolute atomic E-state index is 4.95. The van der Waals surface area contributed by atoms with Crippen LogP contribution in [0.1, 0.15) is 22.3 Å². The predicted octanol–water partition coefficient (Wildman–Crippen LogP) is 10.3. The largest absolute Gasteiger partial charge is 0.327 e. The van der Waals surface area contributed by atoms with Crippen LogP contribution in [-0.2, 0) is 12.5 Å². The minimum atomic E-state index is -0.464. The van der Waals surface area contributed by atoms with E-state index >= 15 is 0 Å². The molecule has 0 aliphatic heterocycles. The Morgan fingerprint density at radius 1 is 0.489 bits per heavy atom. The van der Waals surface area contributed by atoms with Gasteiger partial charge in [0.05, 0.1) is 16.4 Å². The normalized spacial score (nSPS) is 13.0. The summed E-state index contributed by atoms with van der Waals surface area (Å²) in [6.45, 7) is 0. The van der Waals surface area contributed by atoms with Crippen LogP contribution in [0.15, 0.2) is 170 Å². The van der Waals surface area contributed by atoms with Crippen molar-refractivity contribution in [1.29, 1.82) is 0 Å². The van der Waals surface area contributed by atoms with E-state index in [1.54, 1.807) is 0 Å². The van der Waals surface area contributed by atoms with E-state index in [9.17, 15) is 0 Å². The molecule has 3 heteroatoms. The van der Waals surface area contributed by atoms with Gasteiger partial charge in [-0.15, -0.1) is 0 Å². The molecule has 1 aliphatic carbocycles. The van der Waals surface area contributed by atoms with E-state index in [0.717, 1.165) is 33.5 Å². The number of rotatable bonds is 5. The predicted molar refractivity (Wildman–Crippen MR) is 192 cm³/mol. The summed E-state index contributed by atoms with van der Waals surface area (Å²) in [6.07, 6.45) is 3.85. The molecule has 0 radical (unpaired) electrons. The highest BCUT2D eigenvalue weighted by molar-refractivity contribution is 6.01. The standard InChI is InChI=1S/C44H31N3/c1-47-40-21-11-10-20-39(40)46-43(47)31-24-22-30(23-25-31)35-26-27-38-42(41(35)32-13-12-28-45-29-32)36-18-8-9-19-37(36)44(38,33-14-4-2-5-15-33)34-16-6-3-7-17-34/h2-29H,1H3. The van der Waals surface area contributed by atoms with Crippen molar-refractivity contribution in [3.05, 3.63) is 192 Å². The van der Waals surface area contributed by atoms with E-state index in [0.29, 0.717) is 0 Å². The smallest absolute Gasteiger partial charge is 0.140 e. The number of pyridine rings is 1. The van der Waals surface area contributed by atoms with Crippen LogP contribution in [0.4, 0.5) is 0 Å². The lowest BCUT2D eigenvalue weighted by Crippen LogP contribution is -2.28. The Morgan fingerprint density at radius 2 is 1.15 bits per heavy atom. The summed E-state index contributed by atoms with van der Waals surface area (Å²) in [6, 6.07) is 56.9. The van der Waals surface area contributed by atoms with Gasteiger partial charge in [0, 0.05) is 30.6 Å². The summed E-state index contributed by atoms with van der Waals surface area (Å²) in [7, 11) is 2.09. The third-order valence-electron chi connectivity index (χ3n) is 9.81. The Balaban J connectivity index is 1.31. The summed E-state index contributed by atoms with van der Waals surface area (Å²) in [5, 5.41) is 0. The molecular formula is C44H31N3. The second kappa shape index (κ2) is 10.8. The second-order valence-electron chi connectivity index (χ2n) is 12.2. The lowest BCUT2D eigenvalue weighted by atomic mass is 9.67. The van der Waals surface area contributed by atoms with Crippen LogP contribution < -0.4 is 0 Å². The van der Waals surface area contributed by atoms with E-state index in [1.165, 1.54) is 44.5 Å². The topological polar surface area (TPSA) is 30.7 Å². The van der Waals surface area contributed by atoms with Gasteiger partial charge in [-0.2, -0.15) is 0 Å². The average Bonchev–Trinajstić information content (AvgIpc) is 3.65. The highest BCUT2D eigenvalue weighted by atomic mass is 15.1. The molecule has 0 spiro atoms. The van der Waals surface area contributed by atoms with Crippen molar-refractivity contribution in [1.82, 2.24) is 14.5 Å². The molecular weight excluding hydrogens is 571 g/mol. The Labute approximate surface area is 274 Å². The molecule has 1 aliphatic rings. The molecule has 6 aromatic carbocycles. The van der Waals surface area contributed by atoms with Gasteiger partial charge < -0.3 is 4.57 Å². The number of hydrogen-bond donors (Lipinski definition) is 0. The van der Waals surface area contributed by atoms with Gasteiger partial charge in [0.1, 0.15) is 5.82 Å². The molecule has 3 nitrogen and oxygen atoms in total. The van der Waals surface area contributed by atoms with Gasteiger partial charge in [0.25, 0.3) is 0 Å². The Hall–Kier alpha value is -6.06. The first kappa shape index (κ1) is 27.3. The van der Waals surface area contributed by atoms with E-state index in [2.05, 4.69) is 162 Å². The van der Waals surface area contributed by atoms with Gasteiger partial charge in [0.15, 0.2) is 0 Å². The molecule has 0 unspecified atom stereocenters. The fourth-order valence-corrected chi connectivity index (χ4v) is 7.79. The lowest BCUT2D eigenvalue weighted by Gasteiger charge is -2.34. The van der Waals surface area contributed by atoms with Crippen LogP contribution in [-0.4, -0.2) is 14.5 Å². The first-order valence-corrected chi connectivity index (χ1v) is 16.1. The molecule has 8 aromatic rings. The number of nitrogens with zero attached hydrogens (tertiary/aromatic N) is 3. The quantitative estimate of drug-likeness (QED) is 0.197. The van der Waals surface area contributed by atoms with Gasteiger partial charge in [-0.1, -0.05) is 140 Å². The number of benzene rings is 6. The van der Waals surface area contributed by atoms with E-state index in [1.807, 2.05) is 24.5 Å². The first-order valence-electron chi connectivity index (χ1n) is 16.1. The van der Waals surface area contributed by atoms with Crippen LogP contribution in [0.3, 0.4) is 0 Å². The molecule has 47 heavy (non-hydrogen) atoms. The SMILES string of the molecule is Cn1c(-c2ccc(-c3ccc4c(c3-c3cccnc3)-c3ccccc3C4(c3ccccc3)c3ccccc3)cc2)nc2ccccc21. The minimum Gasteiger partial charge on any atom is -0.327 e. The van der Waals surface area contributed by atoms with Gasteiger partial charge in [-0.25, -0.2) is 4.98 Å². The van der Waals surface area contributed by atoms with E-state index in [-0.39, 0.29) is 0 Å². The highest BCUT2D eigenvalue weighted by Crippen LogP contribution is 2.59. The van der Waals surface area contributed by atoms with Gasteiger partial charge in [0.2, 0.25) is 0 Å². The number of aromatic nitrogens is 3. The summed E-state index contributed by atoms with van der Waals surface area (Å²) in [5.74, 6) is 0.962. The molecule has 0 atom stereocenters. The van der Waals surface area contributed by atoms with Crippen LogP contribution >= 0.6 is 0 Å². The number of para-hydroxylation sites is 2. The molecule has 9 rings (SSSR count). The fraction of sp³-hybridized carbons (Fsp3) is 0.0455. The van der Waals surface area contributed by atoms with Crippen molar-refractivity contribution in [2.24, 2.45) is 7.05 Å². The average molecular weight is 602 g/mol. The molecule has 0 fully saturated rings. The number of imidazole rings is 1. The molecule has 2 aromatic heterocycles. The van der Waals surface area contributed by atoms with Crippen LogP contribution in [0.5, 0.6) is 0 Å². The van der Waals surface area contributed by atoms with Crippen molar-refractivity contribution >= 4 is 11.0 Å². The molecule has 2 heterocycles. The summed E-state index contributed by atoms with van der Waals surface area (Å²) >= 11 is 0. The monoisotopic (exact) mass is 601 g/mol. The van der Waals surface area contributed by atoms with Gasteiger partial charge in [-0.05, 0) is 68.3 Å². The van der Waals surface area contributed by atoms with Crippen molar-refractivity contribution in [2.45, 2.75) is 5.41 Å². The third kappa shape index (κ3) is 4.06. The van der Waals surface area contributed by atoms with Crippen molar-refractivity contribution in [2.75, 3.05) is 0 Å². The number of fused-ring (bicyclic) bond motifs is 4. The third-order valence-corrected chi connectivity index (χ3v) is 9.81. The van der Waals surface area contributed by atoms with Crippen molar-refractivity contribution < 1.29 is 0 Å². The number of hydrogen-bond acceptors (Lipinski definition) is 2. The summed E-state index contributed by atoms with van der Waals surface area (Å²) in [4.78, 5) is 9.55. The van der Waals surface area contributed by atoms with Crippen LogP contribution in [0.25, 0.3) is 55.8 Å². The first-order chi connectivity index (χ1) is 23.2. The highest BCUT2D eigenvalue weighted by Gasteiger charge is 2.47. The van der Waals surface area contributed by atoms with Gasteiger partial charge in [-0.3, -0.25) is 4.98 Å².